The highest BCUT2D eigenvalue weighted by atomic mass is 16.5. The first-order chi connectivity index (χ1) is 10.3. The Hall–Kier alpha value is -1.85. The molecule has 0 saturated carbocycles. The maximum atomic E-state index is 5.33. The molecule has 1 heterocycles. The molecule has 0 atom stereocenters. The molecule has 0 spiro atoms. The lowest BCUT2D eigenvalue weighted by atomic mass is 10.1. The maximum Gasteiger partial charge on any atom is 0.124 e. The molecular formula is C16H23N3O2. The highest BCUT2D eigenvalue weighted by Crippen LogP contribution is 2.20. The van der Waals surface area contributed by atoms with Crippen molar-refractivity contribution >= 4 is 0 Å². The van der Waals surface area contributed by atoms with Gasteiger partial charge in [-0.15, -0.1) is 0 Å². The summed E-state index contributed by atoms with van der Waals surface area (Å²) in [4.78, 5) is 0. The Labute approximate surface area is 125 Å². The number of methoxy groups -OCH3 is 2. The number of hydrogen-bond donors (Lipinski definition) is 1. The third-order valence-electron chi connectivity index (χ3n) is 3.30. The molecule has 114 valence electrons. The quantitative estimate of drug-likeness (QED) is 0.810. The topological polar surface area (TPSA) is 48.3 Å². The number of hydrogen-bond acceptors (Lipinski definition) is 4. The lowest BCUT2D eigenvalue weighted by Crippen LogP contribution is -2.13. The summed E-state index contributed by atoms with van der Waals surface area (Å²) in [6.45, 7) is 5.09. The molecule has 5 heteroatoms. The van der Waals surface area contributed by atoms with Crippen molar-refractivity contribution in [2.45, 2.75) is 33.2 Å². The van der Waals surface area contributed by atoms with Gasteiger partial charge in [0.25, 0.3) is 0 Å². The lowest BCUT2D eigenvalue weighted by molar-refractivity contribution is 0.181. The summed E-state index contributed by atoms with van der Waals surface area (Å²) in [6.07, 6.45) is 2.00. The Morgan fingerprint density at radius 1 is 1.19 bits per heavy atom. The summed E-state index contributed by atoms with van der Waals surface area (Å²) < 4.78 is 12.5. The van der Waals surface area contributed by atoms with E-state index in [1.807, 2.05) is 23.0 Å². The SMILES string of the molecule is CCn1ccc(CNCc2ccc(OC)c(COC)c2)n1. The summed E-state index contributed by atoms with van der Waals surface area (Å²) in [5.74, 6) is 0.863. The van der Waals surface area contributed by atoms with Gasteiger partial charge in [0.05, 0.1) is 19.4 Å². The van der Waals surface area contributed by atoms with Crippen molar-refractivity contribution < 1.29 is 9.47 Å². The molecule has 0 bridgehead atoms. The van der Waals surface area contributed by atoms with Crippen molar-refractivity contribution in [3.63, 3.8) is 0 Å². The number of ether oxygens (including phenoxy) is 2. The molecule has 21 heavy (non-hydrogen) atoms. The van der Waals surface area contributed by atoms with Gasteiger partial charge in [-0.1, -0.05) is 6.07 Å². The largest absolute Gasteiger partial charge is 0.496 e. The average molecular weight is 289 g/mol. The van der Waals surface area contributed by atoms with Gasteiger partial charge in [0, 0.05) is 38.5 Å². The van der Waals surface area contributed by atoms with Gasteiger partial charge in [-0.3, -0.25) is 4.68 Å². The van der Waals surface area contributed by atoms with Crippen LogP contribution < -0.4 is 10.1 Å². The second-order valence-electron chi connectivity index (χ2n) is 4.85. The predicted molar refractivity (Wildman–Crippen MR) is 82.2 cm³/mol. The van der Waals surface area contributed by atoms with Gasteiger partial charge >= 0.3 is 0 Å². The lowest BCUT2D eigenvalue weighted by Gasteiger charge is -2.10. The van der Waals surface area contributed by atoms with E-state index < -0.39 is 0 Å². The summed E-state index contributed by atoms with van der Waals surface area (Å²) in [6, 6.07) is 8.20. The van der Waals surface area contributed by atoms with Crippen LogP contribution in [0.4, 0.5) is 0 Å². The Bertz CT molecular complexity index is 566. The number of aryl methyl sites for hydroxylation is 1. The molecule has 0 saturated heterocycles. The molecule has 5 nitrogen and oxygen atoms in total. The van der Waals surface area contributed by atoms with Gasteiger partial charge in [0.15, 0.2) is 0 Å². The predicted octanol–water partition coefficient (Wildman–Crippen LogP) is 2.35. The van der Waals surface area contributed by atoms with Crippen molar-refractivity contribution in [3.8, 4) is 5.75 Å². The minimum atomic E-state index is 0.553. The van der Waals surface area contributed by atoms with Crippen molar-refractivity contribution in [1.29, 1.82) is 0 Å². The van der Waals surface area contributed by atoms with Crippen LogP contribution in [0.1, 0.15) is 23.7 Å². The van der Waals surface area contributed by atoms with E-state index in [0.29, 0.717) is 6.61 Å². The molecule has 0 fully saturated rings. The molecule has 0 amide bonds. The zero-order valence-electron chi connectivity index (χ0n) is 12.9. The number of aromatic nitrogens is 2. The Balaban J connectivity index is 1.91. The zero-order chi connectivity index (χ0) is 15.1. The normalized spacial score (nSPS) is 10.8. The van der Waals surface area contributed by atoms with E-state index in [4.69, 9.17) is 9.47 Å². The van der Waals surface area contributed by atoms with Gasteiger partial charge in [-0.25, -0.2) is 0 Å². The minimum Gasteiger partial charge on any atom is -0.496 e. The van der Waals surface area contributed by atoms with Crippen LogP contribution in [0.25, 0.3) is 0 Å². The Kier molecular flexibility index (Phi) is 5.78. The van der Waals surface area contributed by atoms with Crippen LogP contribution in [-0.4, -0.2) is 24.0 Å². The molecule has 0 aliphatic rings. The summed E-state index contributed by atoms with van der Waals surface area (Å²) in [5.41, 5.74) is 3.33. The van der Waals surface area contributed by atoms with E-state index in [1.165, 1.54) is 5.56 Å². The fourth-order valence-corrected chi connectivity index (χ4v) is 2.22. The molecule has 0 unspecified atom stereocenters. The molecule has 2 rings (SSSR count). The molecular weight excluding hydrogens is 266 g/mol. The maximum absolute atomic E-state index is 5.33. The first-order valence-electron chi connectivity index (χ1n) is 7.14. The van der Waals surface area contributed by atoms with Crippen LogP contribution in [0, 0.1) is 0 Å². The first kappa shape index (κ1) is 15.5. The highest BCUT2D eigenvalue weighted by Gasteiger charge is 2.04. The van der Waals surface area contributed by atoms with Crippen molar-refractivity contribution in [3.05, 3.63) is 47.3 Å². The van der Waals surface area contributed by atoms with Crippen LogP contribution in [0.5, 0.6) is 5.75 Å². The fraction of sp³-hybridized carbons (Fsp3) is 0.438. The molecule has 1 aromatic carbocycles. The van der Waals surface area contributed by atoms with Crippen LogP contribution in [-0.2, 0) is 31.0 Å². The van der Waals surface area contributed by atoms with E-state index in [-0.39, 0.29) is 0 Å². The second kappa shape index (κ2) is 7.81. The molecule has 0 aliphatic heterocycles. The number of benzene rings is 1. The third-order valence-corrected chi connectivity index (χ3v) is 3.30. The van der Waals surface area contributed by atoms with Crippen molar-refractivity contribution in [2.24, 2.45) is 0 Å². The van der Waals surface area contributed by atoms with E-state index in [2.05, 4.69) is 29.5 Å². The molecule has 0 radical (unpaired) electrons. The minimum absolute atomic E-state index is 0.553. The van der Waals surface area contributed by atoms with Gasteiger partial charge < -0.3 is 14.8 Å². The van der Waals surface area contributed by atoms with Crippen molar-refractivity contribution in [2.75, 3.05) is 14.2 Å². The first-order valence-corrected chi connectivity index (χ1v) is 7.14. The highest BCUT2D eigenvalue weighted by molar-refractivity contribution is 5.36. The van der Waals surface area contributed by atoms with Crippen LogP contribution in [0.3, 0.4) is 0 Å². The number of rotatable bonds is 8. The van der Waals surface area contributed by atoms with E-state index in [9.17, 15) is 0 Å². The molecule has 0 aliphatic carbocycles. The van der Waals surface area contributed by atoms with Gasteiger partial charge in [-0.2, -0.15) is 5.10 Å². The molecule has 1 aromatic heterocycles. The van der Waals surface area contributed by atoms with Crippen molar-refractivity contribution in [1.82, 2.24) is 15.1 Å². The number of nitrogens with one attached hydrogen (secondary N) is 1. The average Bonchev–Trinajstić information content (AvgIpc) is 2.96. The van der Waals surface area contributed by atoms with E-state index >= 15 is 0 Å². The van der Waals surface area contributed by atoms with Crippen LogP contribution >= 0.6 is 0 Å². The molecule has 1 N–H and O–H groups in total. The van der Waals surface area contributed by atoms with Gasteiger partial charge in [-0.05, 0) is 30.7 Å². The van der Waals surface area contributed by atoms with E-state index in [0.717, 1.165) is 36.6 Å². The monoisotopic (exact) mass is 289 g/mol. The van der Waals surface area contributed by atoms with Crippen LogP contribution in [0.2, 0.25) is 0 Å². The summed E-state index contributed by atoms with van der Waals surface area (Å²) >= 11 is 0. The Morgan fingerprint density at radius 3 is 2.71 bits per heavy atom. The standard InChI is InChI=1S/C16H23N3O2/c1-4-19-8-7-15(18-19)11-17-10-13-5-6-16(21-3)14(9-13)12-20-2/h5-9,17H,4,10-12H2,1-3H3. The number of nitrogens with zero attached hydrogens (tertiary/aromatic N) is 2. The zero-order valence-corrected chi connectivity index (χ0v) is 12.9. The Morgan fingerprint density at radius 2 is 2.05 bits per heavy atom. The smallest absolute Gasteiger partial charge is 0.124 e. The van der Waals surface area contributed by atoms with Gasteiger partial charge in [0.2, 0.25) is 0 Å². The summed E-state index contributed by atoms with van der Waals surface area (Å²) in [5, 5.41) is 7.85. The second-order valence-corrected chi connectivity index (χ2v) is 4.85. The molecule has 2 aromatic rings. The fourth-order valence-electron chi connectivity index (χ4n) is 2.22. The van der Waals surface area contributed by atoms with Gasteiger partial charge in [0.1, 0.15) is 5.75 Å². The summed E-state index contributed by atoms with van der Waals surface area (Å²) in [7, 11) is 3.37. The third kappa shape index (κ3) is 4.31. The van der Waals surface area contributed by atoms with Crippen LogP contribution in [0.15, 0.2) is 30.5 Å². The van der Waals surface area contributed by atoms with E-state index in [1.54, 1.807) is 14.2 Å².